The minimum Gasteiger partial charge on any atom is -0.444 e. The number of nitrogens with zero attached hydrogens (tertiary/aromatic N) is 1. The Labute approximate surface area is 114 Å². The molecule has 4 heteroatoms. The molecule has 1 aromatic heterocycles. The first kappa shape index (κ1) is 15.0. The van der Waals surface area contributed by atoms with Crippen molar-refractivity contribution in [1.29, 1.82) is 0 Å². The normalized spacial score (nSPS) is 10.3. The molecule has 4 nitrogen and oxygen atoms in total. The summed E-state index contributed by atoms with van der Waals surface area (Å²) in [5, 5.41) is 2.66. The van der Waals surface area contributed by atoms with E-state index in [-0.39, 0.29) is 0 Å². The minimum absolute atomic E-state index is 0.414. The van der Waals surface area contributed by atoms with E-state index >= 15 is 0 Å². The first-order valence-corrected chi connectivity index (χ1v) is 6.26. The van der Waals surface area contributed by atoms with Crippen molar-refractivity contribution in [2.45, 2.75) is 39.7 Å². The maximum atomic E-state index is 11.4. The molecule has 0 bridgehead atoms. The SMILES string of the molecule is Cc1cccnc1C#CCCNC(=O)OC(C)(C)C. The van der Waals surface area contributed by atoms with Crippen LogP contribution in [0.1, 0.15) is 38.4 Å². The molecule has 0 saturated carbocycles. The molecule has 19 heavy (non-hydrogen) atoms. The van der Waals surface area contributed by atoms with Gasteiger partial charge in [0.05, 0.1) is 0 Å². The highest BCUT2D eigenvalue weighted by molar-refractivity contribution is 5.67. The zero-order valence-electron chi connectivity index (χ0n) is 11.9. The fourth-order valence-corrected chi connectivity index (χ4v) is 1.30. The van der Waals surface area contributed by atoms with Gasteiger partial charge in [0.25, 0.3) is 0 Å². The zero-order chi connectivity index (χ0) is 14.3. The van der Waals surface area contributed by atoms with E-state index in [9.17, 15) is 4.79 Å². The van der Waals surface area contributed by atoms with Gasteiger partial charge in [0, 0.05) is 19.2 Å². The molecule has 0 aromatic carbocycles. The molecule has 0 aliphatic carbocycles. The van der Waals surface area contributed by atoms with E-state index < -0.39 is 11.7 Å². The highest BCUT2D eigenvalue weighted by atomic mass is 16.6. The predicted octanol–water partition coefficient (Wildman–Crippen LogP) is 2.66. The molecule has 0 aliphatic heterocycles. The third-order valence-corrected chi connectivity index (χ3v) is 2.13. The predicted molar refractivity (Wildman–Crippen MR) is 74.7 cm³/mol. The number of ether oxygens (including phenoxy) is 1. The topological polar surface area (TPSA) is 51.2 Å². The summed E-state index contributed by atoms with van der Waals surface area (Å²) in [7, 11) is 0. The summed E-state index contributed by atoms with van der Waals surface area (Å²) >= 11 is 0. The van der Waals surface area contributed by atoms with Gasteiger partial charge < -0.3 is 10.1 Å². The van der Waals surface area contributed by atoms with Gasteiger partial charge in [0.15, 0.2) is 0 Å². The highest BCUT2D eigenvalue weighted by Gasteiger charge is 2.15. The van der Waals surface area contributed by atoms with Crippen LogP contribution in [0.15, 0.2) is 18.3 Å². The Balaban J connectivity index is 2.33. The summed E-state index contributed by atoms with van der Waals surface area (Å²) in [5.74, 6) is 5.96. The van der Waals surface area contributed by atoms with Crippen LogP contribution in [0.3, 0.4) is 0 Å². The summed E-state index contributed by atoms with van der Waals surface area (Å²) in [5.41, 5.74) is 1.36. The van der Waals surface area contributed by atoms with Gasteiger partial charge in [0.2, 0.25) is 0 Å². The van der Waals surface area contributed by atoms with E-state index in [4.69, 9.17) is 4.74 Å². The molecule has 1 rings (SSSR count). The molecule has 1 heterocycles. The summed E-state index contributed by atoms with van der Waals surface area (Å²) in [4.78, 5) is 15.5. The van der Waals surface area contributed by atoms with Gasteiger partial charge >= 0.3 is 6.09 Å². The molecule has 102 valence electrons. The number of amides is 1. The van der Waals surface area contributed by atoms with Crippen LogP contribution in [0.2, 0.25) is 0 Å². The van der Waals surface area contributed by atoms with Gasteiger partial charge in [-0.1, -0.05) is 12.0 Å². The molecule has 0 atom stereocenters. The van der Waals surface area contributed by atoms with Crippen molar-refractivity contribution in [3.63, 3.8) is 0 Å². The average molecular weight is 260 g/mol. The standard InChI is InChI=1S/C15H20N2O2/c1-12-8-7-11-16-13(12)9-5-6-10-17-14(18)19-15(2,3)4/h7-8,11H,6,10H2,1-4H3,(H,17,18). The van der Waals surface area contributed by atoms with Crippen LogP contribution >= 0.6 is 0 Å². The molecule has 0 unspecified atom stereocenters. The Bertz CT molecular complexity index is 493. The maximum Gasteiger partial charge on any atom is 0.407 e. The first-order valence-electron chi connectivity index (χ1n) is 6.26. The number of rotatable bonds is 2. The third kappa shape index (κ3) is 6.46. The second-order valence-corrected chi connectivity index (χ2v) is 5.15. The van der Waals surface area contributed by atoms with Crippen LogP contribution in [0.25, 0.3) is 0 Å². The number of carbonyl (C=O) groups is 1. The highest BCUT2D eigenvalue weighted by Crippen LogP contribution is 2.06. The van der Waals surface area contributed by atoms with E-state index in [0.29, 0.717) is 13.0 Å². The van der Waals surface area contributed by atoms with Crippen molar-refractivity contribution >= 4 is 6.09 Å². The number of alkyl carbamates (subject to hydrolysis) is 1. The Morgan fingerprint density at radius 2 is 2.21 bits per heavy atom. The number of hydrogen-bond donors (Lipinski definition) is 1. The molecule has 0 aliphatic rings. The van der Waals surface area contributed by atoms with Crippen LogP contribution in [0.5, 0.6) is 0 Å². The van der Waals surface area contributed by atoms with Gasteiger partial charge in [-0.2, -0.15) is 0 Å². The molecule has 0 fully saturated rings. The van der Waals surface area contributed by atoms with Crippen LogP contribution < -0.4 is 5.32 Å². The van der Waals surface area contributed by atoms with Crippen molar-refractivity contribution in [1.82, 2.24) is 10.3 Å². The third-order valence-electron chi connectivity index (χ3n) is 2.13. The Kier molecular flexibility index (Phi) is 5.37. The van der Waals surface area contributed by atoms with E-state index in [0.717, 1.165) is 11.3 Å². The number of hydrogen-bond acceptors (Lipinski definition) is 3. The van der Waals surface area contributed by atoms with E-state index in [1.165, 1.54) is 0 Å². The molecular formula is C15H20N2O2. The largest absolute Gasteiger partial charge is 0.444 e. The summed E-state index contributed by atoms with van der Waals surface area (Å²) in [6.07, 6.45) is 1.87. The van der Waals surface area contributed by atoms with Gasteiger partial charge in [0.1, 0.15) is 11.3 Å². The molecular weight excluding hydrogens is 240 g/mol. The van der Waals surface area contributed by atoms with Gasteiger partial charge in [-0.15, -0.1) is 0 Å². The van der Waals surface area contributed by atoms with Crippen LogP contribution in [-0.2, 0) is 4.74 Å². The number of carbonyl (C=O) groups excluding carboxylic acids is 1. The lowest BCUT2D eigenvalue weighted by Gasteiger charge is -2.19. The Morgan fingerprint density at radius 1 is 1.47 bits per heavy atom. The second-order valence-electron chi connectivity index (χ2n) is 5.15. The summed E-state index contributed by atoms with van der Waals surface area (Å²) in [6, 6.07) is 3.85. The quantitative estimate of drug-likeness (QED) is 0.657. The Hall–Kier alpha value is -2.02. The van der Waals surface area contributed by atoms with Crippen molar-refractivity contribution in [3.05, 3.63) is 29.6 Å². The van der Waals surface area contributed by atoms with Gasteiger partial charge in [-0.3, -0.25) is 0 Å². The van der Waals surface area contributed by atoms with Gasteiger partial charge in [-0.25, -0.2) is 9.78 Å². The number of aryl methyl sites for hydroxylation is 1. The molecule has 0 radical (unpaired) electrons. The molecule has 0 spiro atoms. The van der Waals surface area contributed by atoms with Crippen molar-refractivity contribution < 1.29 is 9.53 Å². The zero-order valence-corrected chi connectivity index (χ0v) is 11.9. The average Bonchev–Trinajstić information content (AvgIpc) is 2.28. The van der Waals surface area contributed by atoms with Gasteiger partial charge in [-0.05, 0) is 45.2 Å². The number of nitrogens with one attached hydrogen (secondary N) is 1. The van der Waals surface area contributed by atoms with Crippen LogP contribution in [0.4, 0.5) is 4.79 Å². The fraction of sp³-hybridized carbons (Fsp3) is 0.467. The van der Waals surface area contributed by atoms with E-state index in [1.54, 1.807) is 6.20 Å². The molecule has 1 amide bonds. The monoisotopic (exact) mass is 260 g/mol. The first-order chi connectivity index (χ1) is 8.88. The van der Waals surface area contributed by atoms with E-state index in [2.05, 4.69) is 22.1 Å². The van der Waals surface area contributed by atoms with E-state index in [1.807, 2.05) is 39.8 Å². The van der Waals surface area contributed by atoms with Crippen LogP contribution in [-0.4, -0.2) is 23.2 Å². The smallest absolute Gasteiger partial charge is 0.407 e. The van der Waals surface area contributed by atoms with Crippen molar-refractivity contribution in [3.8, 4) is 11.8 Å². The van der Waals surface area contributed by atoms with Crippen molar-refractivity contribution in [2.24, 2.45) is 0 Å². The molecule has 0 saturated heterocycles. The summed E-state index contributed by atoms with van der Waals surface area (Å²) < 4.78 is 5.11. The Morgan fingerprint density at radius 3 is 2.84 bits per heavy atom. The van der Waals surface area contributed by atoms with Crippen molar-refractivity contribution in [2.75, 3.05) is 6.54 Å². The minimum atomic E-state index is -0.471. The number of aromatic nitrogens is 1. The fourth-order valence-electron chi connectivity index (χ4n) is 1.30. The lowest BCUT2D eigenvalue weighted by Crippen LogP contribution is -2.32. The molecule has 1 N–H and O–H groups in total. The second kappa shape index (κ2) is 6.79. The maximum absolute atomic E-state index is 11.4. The number of pyridine rings is 1. The summed E-state index contributed by atoms with van der Waals surface area (Å²) in [6.45, 7) is 7.92. The van der Waals surface area contributed by atoms with Crippen LogP contribution in [0, 0.1) is 18.8 Å². The molecule has 1 aromatic rings. The lowest BCUT2D eigenvalue weighted by molar-refractivity contribution is 0.0529. The lowest BCUT2D eigenvalue weighted by atomic mass is 10.2.